The van der Waals surface area contributed by atoms with Crippen molar-refractivity contribution >= 4 is 46.8 Å². The van der Waals surface area contributed by atoms with Crippen LogP contribution in [0.25, 0.3) is 0 Å². The van der Waals surface area contributed by atoms with Gasteiger partial charge in [0, 0.05) is 63.5 Å². The van der Waals surface area contributed by atoms with Gasteiger partial charge in [-0.05, 0) is 37.1 Å². The SMILES string of the molecule is COc1cc(N)c(F)c(C(=O)N[C@H]2CCN(C(=O)CN3CCN(c4ccc5c(c4)C(=O)N(C4CCC(=O)NC4=O)C5=O)CC3)C2)c1. The number of carbonyl (C=O) groups excluding carboxylic acids is 6. The fraction of sp³-hybridized carbons (Fsp3) is 0.419. The first-order valence-electron chi connectivity index (χ1n) is 15.1. The summed E-state index contributed by atoms with van der Waals surface area (Å²) in [6, 6.07) is 6.25. The van der Waals surface area contributed by atoms with E-state index in [1.165, 1.54) is 19.2 Å². The van der Waals surface area contributed by atoms with Crippen LogP contribution in [0.3, 0.4) is 0 Å². The number of nitrogens with one attached hydrogen (secondary N) is 2. The van der Waals surface area contributed by atoms with E-state index in [1.807, 2.05) is 4.90 Å². The average Bonchev–Trinajstić information content (AvgIpc) is 3.60. The van der Waals surface area contributed by atoms with E-state index in [1.54, 1.807) is 23.1 Å². The zero-order valence-electron chi connectivity index (χ0n) is 25.2. The molecule has 46 heavy (non-hydrogen) atoms. The van der Waals surface area contributed by atoms with Crippen LogP contribution >= 0.6 is 0 Å². The second-order valence-corrected chi connectivity index (χ2v) is 11.8. The third-order valence-corrected chi connectivity index (χ3v) is 8.95. The molecule has 0 spiro atoms. The summed E-state index contributed by atoms with van der Waals surface area (Å²) in [5, 5.41) is 4.98. The Balaban J connectivity index is 1.00. The van der Waals surface area contributed by atoms with Gasteiger partial charge in [0.1, 0.15) is 11.8 Å². The van der Waals surface area contributed by atoms with E-state index in [0.717, 1.165) is 10.6 Å². The van der Waals surface area contributed by atoms with E-state index < -0.39 is 41.4 Å². The number of fused-ring (bicyclic) bond motifs is 1. The van der Waals surface area contributed by atoms with E-state index in [2.05, 4.69) is 15.5 Å². The highest BCUT2D eigenvalue weighted by Crippen LogP contribution is 2.31. The average molecular weight is 636 g/mol. The Labute approximate surface area is 263 Å². The van der Waals surface area contributed by atoms with Crippen molar-refractivity contribution in [3.63, 3.8) is 0 Å². The van der Waals surface area contributed by atoms with Gasteiger partial charge in [0.15, 0.2) is 5.82 Å². The molecule has 6 amide bonds. The topological polar surface area (TPSA) is 175 Å². The molecule has 4 aliphatic heterocycles. The molecule has 4 N–H and O–H groups in total. The number of piperazine rings is 1. The first-order chi connectivity index (χ1) is 22.0. The van der Waals surface area contributed by atoms with Gasteiger partial charge in [-0.2, -0.15) is 0 Å². The Kier molecular flexibility index (Phi) is 8.34. The predicted molar refractivity (Wildman–Crippen MR) is 162 cm³/mol. The van der Waals surface area contributed by atoms with Crippen LogP contribution in [-0.2, 0) is 14.4 Å². The molecular formula is C31H34FN7O7. The number of hydrogen-bond donors (Lipinski definition) is 3. The van der Waals surface area contributed by atoms with E-state index in [0.29, 0.717) is 45.7 Å². The quantitative estimate of drug-likeness (QED) is 0.277. The monoisotopic (exact) mass is 635 g/mol. The lowest BCUT2D eigenvalue weighted by Gasteiger charge is -2.36. The molecule has 0 aliphatic carbocycles. The first-order valence-corrected chi connectivity index (χ1v) is 15.1. The Morgan fingerprint density at radius 1 is 1.00 bits per heavy atom. The van der Waals surface area contributed by atoms with Crippen LogP contribution < -0.4 is 26.0 Å². The van der Waals surface area contributed by atoms with E-state index in [9.17, 15) is 33.2 Å². The number of halogens is 1. The molecule has 14 nitrogen and oxygen atoms in total. The van der Waals surface area contributed by atoms with Gasteiger partial charge < -0.3 is 25.6 Å². The van der Waals surface area contributed by atoms with Crippen LogP contribution in [0.4, 0.5) is 15.8 Å². The van der Waals surface area contributed by atoms with Crippen molar-refractivity contribution in [3.05, 3.63) is 52.8 Å². The van der Waals surface area contributed by atoms with Crippen molar-refractivity contribution in [2.75, 3.05) is 63.6 Å². The molecule has 3 saturated heterocycles. The lowest BCUT2D eigenvalue weighted by atomic mass is 10.0. The second-order valence-electron chi connectivity index (χ2n) is 11.8. The minimum absolute atomic E-state index is 0.0537. The van der Waals surface area contributed by atoms with Crippen LogP contribution in [0.2, 0.25) is 0 Å². The summed E-state index contributed by atoms with van der Waals surface area (Å²) in [6.45, 7) is 3.31. The smallest absolute Gasteiger partial charge is 0.262 e. The molecule has 0 radical (unpaired) electrons. The summed E-state index contributed by atoms with van der Waals surface area (Å²) in [5.41, 5.74) is 6.45. The normalized spacial score (nSPS) is 21.8. The van der Waals surface area contributed by atoms with E-state index >= 15 is 0 Å². The van der Waals surface area contributed by atoms with Crippen molar-refractivity contribution in [1.82, 2.24) is 25.3 Å². The molecule has 242 valence electrons. The summed E-state index contributed by atoms with van der Waals surface area (Å²) in [5.74, 6) is -3.44. The van der Waals surface area contributed by atoms with Crippen molar-refractivity contribution in [3.8, 4) is 5.75 Å². The maximum atomic E-state index is 14.5. The second kappa shape index (κ2) is 12.4. The highest BCUT2D eigenvalue weighted by molar-refractivity contribution is 6.23. The fourth-order valence-electron chi connectivity index (χ4n) is 6.38. The largest absolute Gasteiger partial charge is 0.497 e. The molecule has 0 aromatic heterocycles. The highest BCUT2D eigenvalue weighted by atomic mass is 19.1. The minimum Gasteiger partial charge on any atom is -0.497 e. The van der Waals surface area contributed by atoms with Crippen LogP contribution in [0.1, 0.15) is 50.3 Å². The standard InChI is InChI=1S/C31H34FN7O7/c1-46-19-13-22(27(32)23(33)14-19)28(42)34-17-6-7-38(15-17)26(41)16-36-8-10-37(11-9-36)18-2-3-20-21(12-18)31(45)39(30(20)44)24-4-5-25(40)35-29(24)43/h2-3,12-14,17,24H,4-11,15-16,33H2,1H3,(H,34,42)(H,35,40,43)/t17-,24?/m0/s1. The maximum Gasteiger partial charge on any atom is 0.262 e. The van der Waals surface area contributed by atoms with Gasteiger partial charge in [-0.1, -0.05) is 0 Å². The van der Waals surface area contributed by atoms with Gasteiger partial charge in [0.05, 0.1) is 36.0 Å². The number of nitrogens with two attached hydrogens (primary N) is 1. The molecule has 6 rings (SSSR count). The summed E-state index contributed by atoms with van der Waals surface area (Å²) in [7, 11) is 1.40. The number of carbonyl (C=O) groups is 6. The zero-order valence-corrected chi connectivity index (χ0v) is 25.2. The number of anilines is 2. The van der Waals surface area contributed by atoms with Crippen LogP contribution in [0.15, 0.2) is 30.3 Å². The Morgan fingerprint density at radius 2 is 1.74 bits per heavy atom. The zero-order chi connectivity index (χ0) is 32.7. The van der Waals surface area contributed by atoms with Gasteiger partial charge in [0.25, 0.3) is 17.7 Å². The summed E-state index contributed by atoms with van der Waals surface area (Å²) < 4.78 is 19.6. The number of hydrogen-bond acceptors (Lipinski definition) is 10. The number of nitrogen functional groups attached to an aromatic ring is 1. The predicted octanol–water partition coefficient (Wildman–Crippen LogP) is -0.0294. The first kappa shape index (κ1) is 31.0. The number of likely N-dealkylation sites (tertiary alicyclic amines) is 1. The minimum atomic E-state index is -1.02. The Bertz CT molecular complexity index is 1640. The third-order valence-electron chi connectivity index (χ3n) is 8.95. The number of benzene rings is 2. The molecule has 0 saturated carbocycles. The number of imide groups is 2. The van der Waals surface area contributed by atoms with Crippen molar-refractivity contribution < 1.29 is 37.9 Å². The number of rotatable bonds is 7. The van der Waals surface area contributed by atoms with Gasteiger partial charge in [0.2, 0.25) is 17.7 Å². The lowest BCUT2D eigenvalue weighted by Crippen LogP contribution is -2.54. The molecule has 2 aromatic rings. The third kappa shape index (κ3) is 5.85. The summed E-state index contributed by atoms with van der Waals surface area (Å²) in [4.78, 5) is 82.6. The molecule has 15 heteroatoms. The van der Waals surface area contributed by atoms with Crippen LogP contribution in [0, 0.1) is 5.82 Å². The maximum absolute atomic E-state index is 14.5. The van der Waals surface area contributed by atoms with Gasteiger partial charge >= 0.3 is 0 Å². The molecule has 2 aromatic carbocycles. The number of amides is 6. The molecule has 4 heterocycles. The van der Waals surface area contributed by atoms with Gasteiger partial charge in [-0.25, -0.2) is 4.39 Å². The number of ether oxygens (including phenoxy) is 1. The fourth-order valence-corrected chi connectivity index (χ4v) is 6.38. The highest BCUT2D eigenvalue weighted by Gasteiger charge is 2.45. The molecule has 2 atom stereocenters. The van der Waals surface area contributed by atoms with E-state index in [4.69, 9.17) is 10.5 Å². The molecule has 4 aliphatic rings. The molecule has 0 bridgehead atoms. The lowest BCUT2D eigenvalue weighted by molar-refractivity contribution is -0.136. The van der Waals surface area contributed by atoms with Gasteiger partial charge in [-0.3, -0.25) is 43.9 Å². The number of piperidine rings is 1. The van der Waals surface area contributed by atoms with Crippen molar-refractivity contribution in [2.24, 2.45) is 0 Å². The van der Waals surface area contributed by atoms with Crippen molar-refractivity contribution in [1.29, 1.82) is 0 Å². The number of methoxy groups -OCH3 is 1. The Morgan fingerprint density at radius 3 is 2.46 bits per heavy atom. The summed E-state index contributed by atoms with van der Waals surface area (Å²) in [6.07, 6.45) is 0.681. The van der Waals surface area contributed by atoms with Crippen molar-refractivity contribution in [2.45, 2.75) is 31.3 Å². The summed E-state index contributed by atoms with van der Waals surface area (Å²) >= 11 is 0. The molecular weight excluding hydrogens is 601 g/mol. The Hall–Kier alpha value is -5.05. The number of nitrogens with zero attached hydrogens (tertiary/aromatic N) is 4. The van der Waals surface area contributed by atoms with Crippen LogP contribution in [-0.4, -0.2) is 115 Å². The molecule has 3 fully saturated rings. The van der Waals surface area contributed by atoms with E-state index in [-0.39, 0.29) is 59.5 Å². The van der Waals surface area contributed by atoms with Gasteiger partial charge in [-0.15, -0.1) is 0 Å². The van der Waals surface area contributed by atoms with Crippen LogP contribution in [0.5, 0.6) is 5.75 Å². The molecule has 1 unspecified atom stereocenters.